The first-order chi connectivity index (χ1) is 11.1. The van der Waals surface area contributed by atoms with Crippen LogP contribution in [0.2, 0.25) is 0 Å². The van der Waals surface area contributed by atoms with Crippen LogP contribution in [0.25, 0.3) is 10.8 Å². The summed E-state index contributed by atoms with van der Waals surface area (Å²) in [6.07, 6.45) is 0.263. The Hall–Kier alpha value is -2.44. The fraction of sp³-hybridized carbons (Fsp3) is 0.294. The van der Waals surface area contributed by atoms with Crippen LogP contribution in [0.3, 0.4) is 0 Å². The third-order valence-corrected chi connectivity index (χ3v) is 3.48. The molecule has 0 saturated carbocycles. The van der Waals surface area contributed by atoms with Crippen LogP contribution in [0.4, 0.5) is 5.69 Å². The second-order valence-corrected chi connectivity index (χ2v) is 5.20. The number of carbonyl (C=O) groups is 2. The minimum absolute atomic E-state index is 0.0262. The largest absolute Gasteiger partial charge is 0.480 e. The Labute approximate surface area is 134 Å². The first-order valence-electron chi connectivity index (χ1n) is 7.46. The van der Waals surface area contributed by atoms with Crippen molar-refractivity contribution in [3.05, 3.63) is 42.5 Å². The topological polar surface area (TPSA) is 98.7 Å². The van der Waals surface area contributed by atoms with Crippen LogP contribution in [-0.4, -0.2) is 41.3 Å². The lowest BCUT2D eigenvalue weighted by Crippen LogP contribution is -2.40. The average molecular weight is 316 g/mol. The number of hydrogen-bond acceptors (Lipinski definition) is 4. The van der Waals surface area contributed by atoms with Gasteiger partial charge in [0, 0.05) is 17.7 Å². The van der Waals surface area contributed by atoms with Gasteiger partial charge in [0.25, 0.3) is 0 Å². The first-order valence-corrected chi connectivity index (χ1v) is 7.46. The lowest BCUT2D eigenvalue weighted by Gasteiger charge is -2.14. The molecular formula is C17H20N2O4. The second kappa shape index (κ2) is 8.26. The van der Waals surface area contributed by atoms with Crippen LogP contribution in [0.15, 0.2) is 42.5 Å². The highest BCUT2D eigenvalue weighted by Gasteiger charge is 2.20. The van der Waals surface area contributed by atoms with Gasteiger partial charge in [-0.15, -0.1) is 0 Å². The summed E-state index contributed by atoms with van der Waals surface area (Å²) in [7, 11) is 0. The standard InChI is InChI=1S/C17H20N2O4/c20-10-4-9-18-15(17(22)23)11-16(21)19-14-8-3-6-12-5-1-2-7-13(12)14/h1-3,5-8,15,18,20H,4,9-11H2,(H,19,21)(H,22,23). The van der Waals surface area contributed by atoms with E-state index < -0.39 is 12.0 Å². The van der Waals surface area contributed by atoms with Crippen LogP contribution in [0.1, 0.15) is 12.8 Å². The maximum absolute atomic E-state index is 12.1. The molecule has 2 aromatic rings. The van der Waals surface area contributed by atoms with Crippen molar-refractivity contribution in [3.8, 4) is 0 Å². The predicted molar refractivity (Wildman–Crippen MR) is 88.3 cm³/mol. The van der Waals surface area contributed by atoms with E-state index in [9.17, 15) is 9.59 Å². The molecule has 122 valence electrons. The van der Waals surface area contributed by atoms with E-state index >= 15 is 0 Å². The van der Waals surface area contributed by atoms with Gasteiger partial charge in [-0.3, -0.25) is 9.59 Å². The molecule has 6 nitrogen and oxygen atoms in total. The molecule has 1 atom stereocenters. The highest BCUT2D eigenvalue weighted by atomic mass is 16.4. The molecule has 0 radical (unpaired) electrons. The van der Waals surface area contributed by atoms with Crippen LogP contribution < -0.4 is 10.6 Å². The molecule has 0 fully saturated rings. The number of carbonyl (C=O) groups excluding carboxylic acids is 1. The van der Waals surface area contributed by atoms with E-state index in [1.165, 1.54) is 0 Å². The summed E-state index contributed by atoms with van der Waals surface area (Å²) in [4.78, 5) is 23.3. The lowest BCUT2D eigenvalue weighted by molar-refractivity contribution is -0.141. The molecule has 0 aliphatic carbocycles. The molecule has 0 aliphatic heterocycles. The number of anilines is 1. The average Bonchev–Trinajstić information content (AvgIpc) is 2.54. The molecule has 0 aromatic heterocycles. The van der Waals surface area contributed by atoms with Gasteiger partial charge in [-0.1, -0.05) is 36.4 Å². The molecule has 1 unspecified atom stereocenters. The Morgan fingerprint density at radius 3 is 2.57 bits per heavy atom. The molecule has 0 heterocycles. The van der Waals surface area contributed by atoms with E-state index in [0.717, 1.165) is 10.8 Å². The summed E-state index contributed by atoms with van der Waals surface area (Å²) in [5, 5.41) is 25.3. The van der Waals surface area contributed by atoms with E-state index in [1.807, 2.05) is 36.4 Å². The number of aliphatic hydroxyl groups excluding tert-OH is 1. The fourth-order valence-corrected chi connectivity index (χ4v) is 2.32. The van der Waals surface area contributed by atoms with E-state index in [1.54, 1.807) is 6.07 Å². The van der Waals surface area contributed by atoms with Gasteiger partial charge in [-0.05, 0) is 24.4 Å². The molecule has 0 aliphatic rings. The van der Waals surface area contributed by atoms with Crippen LogP contribution >= 0.6 is 0 Å². The number of benzene rings is 2. The van der Waals surface area contributed by atoms with Crippen molar-refractivity contribution in [2.45, 2.75) is 18.9 Å². The minimum atomic E-state index is -1.09. The van der Waals surface area contributed by atoms with Crippen molar-refractivity contribution in [3.63, 3.8) is 0 Å². The number of carboxylic acids is 1. The zero-order valence-corrected chi connectivity index (χ0v) is 12.7. The normalized spacial score (nSPS) is 12.0. The van der Waals surface area contributed by atoms with Crippen molar-refractivity contribution in [2.24, 2.45) is 0 Å². The van der Waals surface area contributed by atoms with Gasteiger partial charge in [0.1, 0.15) is 6.04 Å². The van der Waals surface area contributed by atoms with E-state index in [-0.39, 0.29) is 18.9 Å². The summed E-state index contributed by atoms with van der Waals surface area (Å²) in [6, 6.07) is 12.2. The van der Waals surface area contributed by atoms with Gasteiger partial charge < -0.3 is 20.8 Å². The molecule has 0 spiro atoms. The number of aliphatic carboxylic acids is 1. The summed E-state index contributed by atoms with van der Waals surface area (Å²) in [5.41, 5.74) is 0.660. The van der Waals surface area contributed by atoms with E-state index in [4.69, 9.17) is 10.2 Å². The molecule has 0 bridgehead atoms. The Balaban J connectivity index is 2.03. The Morgan fingerprint density at radius 2 is 1.83 bits per heavy atom. The third kappa shape index (κ3) is 4.77. The van der Waals surface area contributed by atoms with Crippen molar-refractivity contribution in [1.29, 1.82) is 0 Å². The molecular weight excluding hydrogens is 296 g/mol. The highest BCUT2D eigenvalue weighted by molar-refractivity contribution is 6.03. The zero-order chi connectivity index (χ0) is 16.7. The summed E-state index contributed by atoms with van der Waals surface area (Å²) < 4.78 is 0. The number of nitrogens with one attached hydrogen (secondary N) is 2. The number of aliphatic hydroxyl groups is 1. The maximum Gasteiger partial charge on any atom is 0.321 e. The van der Waals surface area contributed by atoms with Crippen molar-refractivity contribution < 1.29 is 19.8 Å². The predicted octanol–water partition coefficient (Wildman–Crippen LogP) is 1.59. The fourth-order valence-electron chi connectivity index (χ4n) is 2.32. The van der Waals surface area contributed by atoms with Gasteiger partial charge in [0.15, 0.2) is 0 Å². The SMILES string of the molecule is O=C(CC(NCCCO)C(=O)O)Nc1cccc2ccccc12. The number of fused-ring (bicyclic) bond motifs is 1. The number of carboxylic acid groups (broad SMARTS) is 1. The second-order valence-electron chi connectivity index (χ2n) is 5.20. The Bertz CT molecular complexity index is 682. The van der Waals surface area contributed by atoms with Gasteiger partial charge in [-0.25, -0.2) is 0 Å². The minimum Gasteiger partial charge on any atom is -0.480 e. The van der Waals surface area contributed by atoms with E-state index in [2.05, 4.69) is 10.6 Å². The number of amides is 1. The summed E-state index contributed by atoms with van der Waals surface area (Å²) in [6.45, 7) is 0.316. The van der Waals surface area contributed by atoms with Gasteiger partial charge in [0.2, 0.25) is 5.91 Å². The molecule has 0 saturated heterocycles. The molecule has 23 heavy (non-hydrogen) atoms. The molecule has 6 heteroatoms. The number of rotatable bonds is 8. The van der Waals surface area contributed by atoms with Crippen LogP contribution in [0.5, 0.6) is 0 Å². The van der Waals surface area contributed by atoms with Crippen molar-refractivity contribution in [1.82, 2.24) is 5.32 Å². The molecule has 2 rings (SSSR count). The quantitative estimate of drug-likeness (QED) is 0.554. The van der Waals surface area contributed by atoms with Crippen molar-refractivity contribution >= 4 is 28.3 Å². The van der Waals surface area contributed by atoms with Gasteiger partial charge in [0.05, 0.1) is 6.42 Å². The summed E-state index contributed by atoms with van der Waals surface area (Å²) in [5.74, 6) is -1.46. The third-order valence-electron chi connectivity index (χ3n) is 3.48. The van der Waals surface area contributed by atoms with Crippen molar-refractivity contribution in [2.75, 3.05) is 18.5 Å². The molecule has 2 aromatic carbocycles. The lowest BCUT2D eigenvalue weighted by atomic mass is 10.1. The smallest absolute Gasteiger partial charge is 0.321 e. The monoisotopic (exact) mass is 316 g/mol. The van der Waals surface area contributed by atoms with Crippen LogP contribution in [0, 0.1) is 0 Å². The Kier molecular flexibility index (Phi) is 6.08. The van der Waals surface area contributed by atoms with Gasteiger partial charge >= 0.3 is 5.97 Å². The Morgan fingerprint density at radius 1 is 1.09 bits per heavy atom. The van der Waals surface area contributed by atoms with Gasteiger partial charge in [-0.2, -0.15) is 0 Å². The van der Waals surface area contributed by atoms with E-state index in [0.29, 0.717) is 18.7 Å². The first kappa shape index (κ1) is 16.9. The molecule has 4 N–H and O–H groups in total. The summed E-state index contributed by atoms with van der Waals surface area (Å²) >= 11 is 0. The maximum atomic E-state index is 12.1. The van der Waals surface area contributed by atoms with Crippen LogP contribution in [-0.2, 0) is 9.59 Å². The highest BCUT2D eigenvalue weighted by Crippen LogP contribution is 2.23. The number of hydrogen-bond donors (Lipinski definition) is 4. The zero-order valence-electron chi connectivity index (χ0n) is 12.7. The molecule has 1 amide bonds.